The Morgan fingerprint density at radius 1 is 1.00 bits per heavy atom. The van der Waals surface area contributed by atoms with E-state index in [-0.39, 0.29) is 30.0 Å². The molecule has 0 saturated heterocycles. The van der Waals surface area contributed by atoms with Gasteiger partial charge in [-0.3, -0.25) is 9.59 Å². The summed E-state index contributed by atoms with van der Waals surface area (Å²) in [6.45, 7) is 3.80. The summed E-state index contributed by atoms with van der Waals surface area (Å²) in [6.07, 6.45) is 0.276. The minimum absolute atomic E-state index is 0.0558. The summed E-state index contributed by atoms with van der Waals surface area (Å²) in [6, 6.07) is 10.6. The minimum atomic E-state index is -0.937. The number of halogens is 2. The fourth-order valence-electron chi connectivity index (χ4n) is 2.18. The molecule has 0 atom stereocenters. The van der Waals surface area contributed by atoms with Gasteiger partial charge in [0, 0.05) is 16.6 Å². The average molecular weight is 378 g/mol. The molecule has 0 fully saturated rings. The molecule has 7 heteroatoms. The molecule has 2 amide bonds. The van der Waals surface area contributed by atoms with Gasteiger partial charge < -0.3 is 10.6 Å². The van der Waals surface area contributed by atoms with Crippen LogP contribution in [0.1, 0.15) is 19.4 Å². The first-order valence-corrected chi connectivity index (χ1v) is 9.08. The lowest BCUT2D eigenvalue weighted by Crippen LogP contribution is -2.31. The van der Waals surface area contributed by atoms with E-state index >= 15 is 0 Å². The van der Waals surface area contributed by atoms with Crippen molar-refractivity contribution in [1.29, 1.82) is 0 Å². The van der Waals surface area contributed by atoms with Gasteiger partial charge in [0.25, 0.3) is 0 Å². The zero-order valence-corrected chi connectivity index (χ0v) is 15.3. The molecule has 0 aliphatic carbocycles. The van der Waals surface area contributed by atoms with Gasteiger partial charge in [-0.15, -0.1) is 11.8 Å². The molecule has 2 N–H and O–H groups in total. The van der Waals surface area contributed by atoms with E-state index in [2.05, 4.69) is 10.6 Å². The van der Waals surface area contributed by atoms with Gasteiger partial charge in [-0.05, 0) is 49.7 Å². The lowest BCUT2D eigenvalue weighted by Gasteiger charge is -2.09. The molecule has 138 valence electrons. The van der Waals surface area contributed by atoms with Crippen LogP contribution in [-0.4, -0.2) is 23.6 Å². The van der Waals surface area contributed by atoms with Gasteiger partial charge in [-0.25, -0.2) is 8.78 Å². The van der Waals surface area contributed by atoms with Gasteiger partial charge in [0.1, 0.15) is 0 Å². The van der Waals surface area contributed by atoms with Gasteiger partial charge >= 0.3 is 0 Å². The number of hydrogen-bond acceptors (Lipinski definition) is 3. The number of hydrogen-bond donors (Lipinski definition) is 2. The minimum Gasteiger partial charge on any atom is -0.354 e. The van der Waals surface area contributed by atoms with Crippen molar-refractivity contribution in [2.75, 3.05) is 11.1 Å². The van der Waals surface area contributed by atoms with Gasteiger partial charge in [0.05, 0.1) is 12.2 Å². The fourth-order valence-corrected chi connectivity index (χ4v) is 2.90. The van der Waals surface area contributed by atoms with Crippen LogP contribution in [-0.2, 0) is 16.0 Å². The summed E-state index contributed by atoms with van der Waals surface area (Å²) in [5.41, 5.74) is 1.45. The molecular weight excluding hydrogens is 358 g/mol. The van der Waals surface area contributed by atoms with Crippen LogP contribution >= 0.6 is 11.8 Å². The van der Waals surface area contributed by atoms with Crippen LogP contribution < -0.4 is 10.6 Å². The van der Waals surface area contributed by atoms with E-state index in [1.807, 2.05) is 13.8 Å². The van der Waals surface area contributed by atoms with Crippen molar-refractivity contribution in [3.05, 3.63) is 59.7 Å². The van der Waals surface area contributed by atoms with E-state index < -0.39 is 11.6 Å². The maximum atomic E-state index is 13.1. The first-order valence-electron chi connectivity index (χ1n) is 8.09. The van der Waals surface area contributed by atoms with Crippen LogP contribution in [0.25, 0.3) is 0 Å². The summed E-state index contributed by atoms with van der Waals surface area (Å²) in [5.74, 6) is -2.10. The largest absolute Gasteiger partial charge is 0.354 e. The molecule has 2 rings (SSSR count). The summed E-state index contributed by atoms with van der Waals surface area (Å²) < 4.78 is 26.0. The van der Waals surface area contributed by atoms with Crippen LogP contribution in [0.4, 0.5) is 14.5 Å². The summed E-state index contributed by atoms with van der Waals surface area (Å²) in [7, 11) is 0. The van der Waals surface area contributed by atoms with E-state index in [1.54, 1.807) is 24.3 Å². The lowest BCUT2D eigenvalue weighted by molar-refractivity contribution is -0.121. The first-order chi connectivity index (χ1) is 12.3. The Labute approximate surface area is 155 Å². The Bertz CT molecular complexity index is 780. The number of thioether (sulfide) groups is 1. The second-order valence-electron chi connectivity index (χ2n) is 6.01. The SMILES string of the molecule is CC(C)NC(=O)Cc1ccc(NC(=O)CSc2ccc(F)c(F)c2)cc1. The number of nitrogens with one attached hydrogen (secondary N) is 2. The highest BCUT2D eigenvalue weighted by Crippen LogP contribution is 2.20. The molecule has 0 aliphatic heterocycles. The molecule has 0 aromatic heterocycles. The zero-order valence-electron chi connectivity index (χ0n) is 14.5. The maximum Gasteiger partial charge on any atom is 0.234 e. The van der Waals surface area contributed by atoms with Gasteiger partial charge in [0.2, 0.25) is 11.8 Å². The summed E-state index contributed by atoms with van der Waals surface area (Å²) in [4.78, 5) is 24.2. The topological polar surface area (TPSA) is 58.2 Å². The normalized spacial score (nSPS) is 10.7. The van der Waals surface area contributed by atoms with Crippen molar-refractivity contribution < 1.29 is 18.4 Å². The van der Waals surface area contributed by atoms with Crippen LogP contribution in [0, 0.1) is 11.6 Å². The third-order valence-electron chi connectivity index (χ3n) is 3.31. The maximum absolute atomic E-state index is 13.1. The molecule has 2 aromatic carbocycles. The molecule has 26 heavy (non-hydrogen) atoms. The Morgan fingerprint density at radius 2 is 1.69 bits per heavy atom. The number of anilines is 1. The first kappa shape index (κ1) is 19.9. The van der Waals surface area contributed by atoms with Crippen LogP contribution in [0.5, 0.6) is 0 Å². The highest BCUT2D eigenvalue weighted by atomic mass is 32.2. The van der Waals surface area contributed by atoms with E-state index in [9.17, 15) is 18.4 Å². The predicted molar refractivity (Wildman–Crippen MR) is 99.1 cm³/mol. The van der Waals surface area contributed by atoms with Crippen LogP contribution in [0.15, 0.2) is 47.4 Å². The second kappa shape index (κ2) is 9.33. The summed E-state index contributed by atoms with van der Waals surface area (Å²) in [5, 5.41) is 5.54. The Morgan fingerprint density at radius 3 is 2.31 bits per heavy atom. The van der Waals surface area contributed by atoms with Crippen LogP contribution in [0.2, 0.25) is 0 Å². The Balaban J connectivity index is 1.83. The third kappa shape index (κ3) is 6.48. The number of amides is 2. The van der Waals surface area contributed by atoms with Gasteiger partial charge in [0.15, 0.2) is 11.6 Å². The van der Waals surface area contributed by atoms with Crippen molar-refractivity contribution in [2.24, 2.45) is 0 Å². The molecule has 0 radical (unpaired) electrons. The number of carbonyl (C=O) groups excluding carboxylic acids is 2. The number of rotatable bonds is 7. The zero-order chi connectivity index (χ0) is 19.1. The van der Waals surface area contributed by atoms with Gasteiger partial charge in [-0.2, -0.15) is 0 Å². The number of carbonyl (C=O) groups is 2. The standard InChI is InChI=1S/C19H20F2N2O2S/c1-12(2)22-18(24)9-13-3-5-14(6-4-13)23-19(25)11-26-15-7-8-16(20)17(21)10-15/h3-8,10,12H,9,11H2,1-2H3,(H,22,24)(H,23,25). The molecule has 0 saturated carbocycles. The molecule has 2 aromatic rings. The molecule has 0 unspecified atom stereocenters. The fraction of sp³-hybridized carbons (Fsp3) is 0.263. The van der Waals surface area contributed by atoms with Crippen LogP contribution in [0.3, 0.4) is 0 Å². The van der Waals surface area contributed by atoms with Gasteiger partial charge in [-0.1, -0.05) is 12.1 Å². The Hall–Kier alpha value is -2.41. The van der Waals surface area contributed by atoms with Crippen molar-refractivity contribution in [1.82, 2.24) is 5.32 Å². The third-order valence-corrected chi connectivity index (χ3v) is 4.31. The van der Waals surface area contributed by atoms with Crippen molar-refractivity contribution in [3.8, 4) is 0 Å². The molecule has 4 nitrogen and oxygen atoms in total. The van der Waals surface area contributed by atoms with E-state index in [4.69, 9.17) is 0 Å². The molecule has 0 aliphatic rings. The van der Waals surface area contributed by atoms with E-state index in [0.717, 1.165) is 29.5 Å². The van der Waals surface area contributed by atoms with Crippen molar-refractivity contribution in [3.63, 3.8) is 0 Å². The quantitative estimate of drug-likeness (QED) is 0.721. The van der Waals surface area contributed by atoms with E-state index in [1.165, 1.54) is 6.07 Å². The highest BCUT2D eigenvalue weighted by molar-refractivity contribution is 8.00. The average Bonchev–Trinajstić information content (AvgIpc) is 2.57. The lowest BCUT2D eigenvalue weighted by atomic mass is 10.1. The Kier molecular flexibility index (Phi) is 7.15. The summed E-state index contributed by atoms with van der Waals surface area (Å²) >= 11 is 1.12. The molecule has 0 heterocycles. The highest BCUT2D eigenvalue weighted by Gasteiger charge is 2.08. The van der Waals surface area contributed by atoms with E-state index in [0.29, 0.717) is 10.6 Å². The monoisotopic (exact) mass is 378 g/mol. The molecular formula is C19H20F2N2O2S. The van der Waals surface area contributed by atoms with Crippen molar-refractivity contribution >= 4 is 29.3 Å². The smallest absolute Gasteiger partial charge is 0.234 e. The molecule has 0 bridgehead atoms. The second-order valence-corrected chi connectivity index (χ2v) is 7.06. The molecule has 0 spiro atoms. The van der Waals surface area contributed by atoms with Crippen molar-refractivity contribution in [2.45, 2.75) is 31.2 Å². The number of benzene rings is 2. The predicted octanol–water partition coefficient (Wildman–Crippen LogP) is 3.76.